The normalized spacial score (nSPS) is 14.8. The number of amidine groups is 1. The van der Waals surface area contributed by atoms with Crippen LogP contribution in [0.5, 0.6) is 5.75 Å². The molecule has 1 aromatic rings. The van der Waals surface area contributed by atoms with E-state index in [1.807, 2.05) is 0 Å². The number of ether oxygens (including phenoxy) is 1. The quantitative estimate of drug-likeness (QED) is 0.748. The van der Waals surface area contributed by atoms with E-state index in [2.05, 4.69) is 46.8 Å². The van der Waals surface area contributed by atoms with Gasteiger partial charge in [0.1, 0.15) is 11.6 Å². The zero-order chi connectivity index (χ0) is 14.0. The number of benzene rings is 1. The van der Waals surface area contributed by atoms with E-state index in [1.54, 1.807) is 0 Å². The van der Waals surface area contributed by atoms with E-state index in [0.717, 1.165) is 63.6 Å². The average Bonchev–Trinajstić information content (AvgIpc) is 2.52. The van der Waals surface area contributed by atoms with Crippen LogP contribution in [-0.2, 0) is 6.42 Å². The molecule has 20 heavy (non-hydrogen) atoms. The Morgan fingerprint density at radius 3 is 2.80 bits per heavy atom. The standard InChI is InChI=1S/C16H25N3O/c1-2-14-5-7-15(8-6-14)20-12-4-3-9-18-16-13-17-10-11-19-16/h5-8,17H,2-4,9-13H2,1H3,(H,18,19). The monoisotopic (exact) mass is 275 g/mol. The van der Waals surface area contributed by atoms with Gasteiger partial charge in [0.2, 0.25) is 0 Å². The Labute approximate surface area is 121 Å². The Morgan fingerprint density at radius 1 is 1.25 bits per heavy atom. The number of aliphatic imine (C=N–C) groups is 1. The van der Waals surface area contributed by atoms with E-state index < -0.39 is 0 Å². The molecule has 0 aliphatic carbocycles. The first kappa shape index (κ1) is 14.9. The van der Waals surface area contributed by atoms with E-state index in [9.17, 15) is 0 Å². The maximum Gasteiger partial charge on any atom is 0.119 e. The van der Waals surface area contributed by atoms with E-state index >= 15 is 0 Å². The lowest BCUT2D eigenvalue weighted by Crippen LogP contribution is -2.39. The molecule has 1 aromatic carbocycles. The maximum atomic E-state index is 5.73. The minimum absolute atomic E-state index is 0.776. The second-order valence-electron chi connectivity index (χ2n) is 4.99. The lowest BCUT2D eigenvalue weighted by atomic mass is 10.2. The van der Waals surface area contributed by atoms with Crippen molar-refractivity contribution in [3.05, 3.63) is 29.8 Å². The first-order valence-electron chi connectivity index (χ1n) is 7.58. The Bertz CT molecular complexity index is 414. The van der Waals surface area contributed by atoms with Gasteiger partial charge in [-0.15, -0.1) is 0 Å². The molecule has 0 aromatic heterocycles. The van der Waals surface area contributed by atoms with Gasteiger partial charge in [0.05, 0.1) is 19.7 Å². The lowest BCUT2D eigenvalue weighted by molar-refractivity contribution is 0.307. The maximum absolute atomic E-state index is 5.73. The fourth-order valence-corrected chi connectivity index (χ4v) is 2.12. The molecule has 1 aliphatic rings. The van der Waals surface area contributed by atoms with Crippen LogP contribution in [0.1, 0.15) is 25.3 Å². The van der Waals surface area contributed by atoms with Crippen LogP contribution in [0.3, 0.4) is 0 Å². The Morgan fingerprint density at radius 2 is 2.10 bits per heavy atom. The topological polar surface area (TPSA) is 45.6 Å². The zero-order valence-corrected chi connectivity index (χ0v) is 12.3. The van der Waals surface area contributed by atoms with Crippen molar-refractivity contribution in [1.29, 1.82) is 0 Å². The molecular formula is C16H25N3O. The Kier molecular flexibility index (Phi) is 6.38. The van der Waals surface area contributed by atoms with Gasteiger partial charge in [-0.25, -0.2) is 0 Å². The van der Waals surface area contributed by atoms with Gasteiger partial charge in [-0.2, -0.15) is 0 Å². The van der Waals surface area contributed by atoms with Gasteiger partial charge in [-0.3, -0.25) is 4.99 Å². The number of aryl methyl sites for hydroxylation is 1. The molecule has 4 nitrogen and oxygen atoms in total. The second-order valence-corrected chi connectivity index (χ2v) is 4.99. The van der Waals surface area contributed by atoms with Gasteiger partial charge in [-0.1, -0.05) is 19.1 Å². The van der Waals surface area contributed by atoms with E-state index in [4.69, 9.17) is 4.74 Å². The number of hydrogen-bond acceptors (Lipinski definition) is 4. The molecule has 0 saturated heterocycles. The number of nitrogens with one attached hydrogen (secondary N) is 2. The Balaban J connectivity index is 1.53. The van der Waals surface area contributed by atoms with Crippen molar-refractivity contribution in [2.24, 2.45) is 4.99 Å². The van der Waals surface area contributed by atoms with Gasteiger partial charge < -0.3 is 15.4 Å². The van der Waals surface area contributed by atoms with Crippen molar-refractivity contribution in [3.8, 4) is 5.75 Å². The summed E-state index contributed by atoms with van der Waals surface area (Å²) >= 11 is 0. The van der Waals surface area contributed by atoms with Crippen LogP contribution in [0.4, 0.5) is 0 Å². The van der Waals surface area contributed by atoms with Gasteiger partial charge in [0, 0.05) is 13.1 Å². The largest absolute Gasteiger partial charge is 0.494 e. The number of unbranched alkanes of at least 4 members (excludes halogenated alkanes) is 1. The van der Waals surface area contributed by atoms with Gasteiger partial charge >= 0.3 is 0 Å². The highest BCUT2D eigenvalue weighted by Crippen LogP contribution is 2.12. The van der Waals surface area contributed by atoms with Gasteiger partial charge in [0.25, 0.3) is 0 Å². The predicted molar refractivity (Wildman–Crippen MR) is 83.7 cm³/mol. The molecule has 4 heteroatoms. The Hall–Kier alpha value is -1.55. The van der Waals surface area contributed by atoms with Crippen LogP contribution in [0.2, 0.25) is 0 Å². The molecule has 0 amide bonds. The molecule has 2 N–H and O–H groups in total. The summed E-state index contributed by atoms with van der Waals surface area (Å²) < 4.78 is 5.73. The molecular weight excluding hydrogens is 250 g/mol. The first-order chi connectivity index (χ1) is 9.88. The van der Waals surface area contributed by atoms with Crippen molar-refractivity contribution in [2.45, 2.75) is 26.2 Å². The van der Waals surface area contributed by atoms with Crippen molar-refractivity contribution in [2.75, 3.05) is 32.8 Å². The van der Waals surface area contributed by atoms with Crippen molar-refractivity contribution >= 4 is 5.84 Å². The van der Waals surface area contributed by atoms with Crippen LogP contribution >= 0.6 is 0 Å². The van der Waals surface area contributed by atoms with Crippen molar-refractivity contribution in [1.82, 2.24) is 10.6 Å². The van der Waals surface area contributed by atoms with Crippen LogP contribution in [-0.4, -0.2) is 38.6 Å². The molecule has 1 heterocycles. The molecule has 0 bridgehead atoms. The molecule has 0 unspecified atom stereocenters. The average molecular weight is 275 g/mol. The van der Waals surface area contributed by atoms with Crippen molar-refractivity contribution < 1.29 is 4.74 Å². The van der Waals surface area contributed by atoms with Crippen LogP contribution in [0.25, 0.3) is 0 Å². The SMILES string of the molecule is CCc1ccc(OCCCCNC2=NCCNC2)cc1. The molecule has 0 atom stereocenters. The highest BCUT2D eigenvalue weighted by atomic mass is 16.5. The van der Waals surface area contributed by atoms with Crippen LogP contribution < -0.4 is 15.4 Å². The number of nitrogens with zero attached hydrogens (tertiary/aromatic N) is 1. The molecule has 2 rings (SSSR count). The summed E-state index contributed by atoms with van der Waals surface area (Å²) in [6.45, 7) is 6.67. The summed E-state index contributed by atoms with van der Waals surface area (Å²) in [4.78, 5) is 4.42. The van der Waals surface area contributed by atoms with Gasteiger partial charge in [-0.05, 0) is 37.0 Å². The molecule has 110 valence electrons. The second kappa shape index (κ2) is 8.59. The molecule has 0 radical (unpaired) electrons. The van der Waals surface area contributed by atoms with Crippen LogP contribution in [0, 0.1) is 0 Å². The minimum Gasteiger partial charge on any atom is -0.494 e. The molecule has 0 fully saturated rings. The summed E-state index contributed by atoms with van der Waals surface area (Å²) in [6.07, 6.45) is 3.24. The third-order valence-corrected chi connectivity index (χ3v) is 3.38. The molecule has 0 saturated carbocycles. The molecule has 1 aliphatic heterocycles. The summed E-state index contributed by atoms with van der Waals surface area (Å²) in [5.74, 6) is 2.06. The summed E-state index contributed by atoms with van der Waals surface area (Å²) in [7, 11) is 0. The van der Waals surface area contributed by atoms with E-state index in [-0.39, 0.29) is 0 Å². The van der Waals surface area contributed by atoms with E-state index in [0.29, 0.717) is 0 Å². The summed E-state index contributed by atoms with van der Waals surface area (Å²) in [5.41, 5.74) is 1.35. The fourth-order valence-electron chi connectivity index (χ4n) is 2.12. The number of hydrogen-bond donors (Lipinski definition) is 2. The summed E-state index contributed by atoms with van der Waals surface area (Å²) in [5, 5.41) is 6.67. The molecule has 0 spiro atoms. The van der Waals surface area contributed by atoms with Crippen LogP contribution in [0.15, 0.2) is 29.3 Å². The van der Waals surface area contributed by atoms with E-state index in [1.165, 1.54) is 5.56 Å². The third-order valence-electron chi connectivity index (χ3n) is 3.38. The number of rotatable bonds is 7. The summed E-state index contributed by atoms with van der Waals surface area (Å²) in [6, 6.07) is 8.37. The third kappa shape index (κ3) is 5.21. The highest BCUT2D eigenvalue weighted by Gasteiger charge is 2.02. The fraction of sp³-hybridized carbons (Fsp3) is 0.562. The smallest absolute Gasteiger partial charge is 0.119 e. The highest BCUT2D eigenvalue weighted by molar-refractivity contribution is 5.84. The predicted octanol–water partition coefficient (Wildman–Crippen LogP) is 2.00. The zero-order valence-electron chi connectivity index (χ0n) is 12.3. The first-order valence-corrected chi connectivity index (χ1v) is 7.58. The lowest BCUT2D eigenvalue weighted by Gasteiger charge is -2.15. The van der Waals surface area contributed by atoms with Crippen molar-refractivity contribution in [3.63, 3.8) is 0 Å². The minimum atomic E-state index is 0.776. The van der Waals surface area contributed by atoms with Gasteiger partial charge in [0.15, 0.2) is 0 Å².